The second kappa shape index (κ2) is 5.17. The second-order valence-electron chi connectivity index (χ2n) is 4.88. The maximum Gasteiger partial charge on any atom is 0.249 e. The first-order chi connectivity index (χ1) is 9.24. The van der Waals surface area contributed by atoms with Gasteiger partial charge >= 0.3 is 0 Å². The summed E-state index contributed by atoms with van der Waals surface area (Å²) in [6.45, 7) is 1.16. The number of fused-ring (bicyclic) bond motifs is 1. The molecule has 0 bridgehead atoms. The van der Waals surface area contributed by atoms with Gasteiger partial charge in [-0.2, -0.15) is 0 Å². The fourth-order valence-electron chi connectivity index (χ4n) is 2.56. The Labute approximate surface area is 110 Å². The smallest absolute Gasteiger partial charge is 0.249 e. The van der Waals surface area contributed by atoms with Gasteiger partial charge in [-0.25, -0.2) is 4.39 Å². The highest BCUT2D eigenvalue weighted by atomic mass is 19.1. The maximum absolute atomic E-state index is 13.3. The van der Waals surface area contributed by atoms with Crippen LogP contribution in [0.3, 0.4) is 0 Å². The highest BCUT2D eigenvalue weighted by Crippen LogP contribution is 2.32. The molecule has 4 nitrogen and oxygen atoms in total. The van der Waals surface area contributed by atoms with Gasteiger partial charge in [0.1, 0.15) is 17.7 Å². The van der Waals surface area contributed by atoms with E-state index in [0.29, 0.717) is 30.9 Å². The van der Waals surface area contributed by atoms with Crippen LogP contribution in [-0.4, -0.2) is 25.2 Å². The van der Waals surface area contributed by atoms with Crippen LogP contribution in [0.15, 0.2) is 18.2 Å². The van der Waals surface area contributed by atoms with Crippen LogP contribution in [-0.2, 0) is 9.53 Å². The molecule has 0 spiro atoms. The van der Waals surface area contributed by atoms with Gasteiger partial charge in [0, 0.05) is 18.6 Å². The standard InChI is InChI=1S/C14H16FNO3/c15-9-3-4-12-10(8-9)11(5-7-19-12)16-14(17)13-2-1-6-18-13/h3-4,8,11,13H,1-2,5-7H2,(H,16,17). The minimum Gasteiger partial charge on any atom is -0.493 e. The van der Waals surface area contributed by atoms with Crippen molar-refractivity contribution in [1.82, 2.24) is 5.32 Å². The SMILES string of the molecule is O=C(NC1CCOc2ccc(F)cc21)C1CCCO1. The minimum atomic E-state index is -0.361. The van der Waals surface area contributed by atoms with Crippen LogP contribution < -0.4 is 10.1 Å². The molecule has 19 heavy (non-hydrogen) atoms. The summed E-state index contributed by atoms with van der Waals surface area (Å²) in [5.41, 5.74) is 0.706. The number of halogens is 1. The van der Waals surface area contributed by atoms with Gasteiger partial charge < -0.3 is 14.8 Å². The van der Waals surface area contributed by atoms with Gasteiger partial charge in [-0.05, 0) is 31.0 Å². The van der Waals surface area contributed by atoms with E-state index in [1.165, 1.54) is 12.1 Å². The van der Waals surface area contributed by atoms with E-state index in [-0.39, 0.29) is 23.9 Å². The molecule has 2 aliphatic heterocycles. The Hall–Kier alpha value is -1.62. The van der Waals surface area contributed by atoms with Crippen LogP contribution in [0.25, 0.3) is 0 Å². The molecule has 0 saturated carbocycles. The van der Waals surface area contributed by atoms with E-state index >= 15 is 0 Å². The Kier molecular flexibility index (Phi) is 3.38. The molecule has 5 heteroatoms. The first kappa shape index (κ1) is 12.4. The third kappa shape index (κ3) is 2.56. The van der Waals surface area contributed by atoms with E-state index in [0.717, 1.165) is 12.8 Å². The lowest BCUT2D eigenvalue weighted by Gasteiger charge is -2.27. The predicted octanol–water partition coefficient (Wildman–Crippen LogP) is 1.94. The van der Waals surface area contributed by atoms with Crippen LogP contribution in [0, 0.1) is 5.82 Å². The molecule has 2 unspecified atom stereocenters. The predicted molar refractivity (Wildman–Crippen MR) is 66.4 cm³/mol. The Morgan fingerprint density at radius 2 is 2.21 bits per heavy atom. The molecule has 102 valence electrons. The molecule has 2 aliphatic rings. The summed E-state index contributed by atoms with van der Waals surface area (Å²) in [5.74, 6) is 0.213. The molecule has 1 N–H and O–H groups in total. The first-order valence-corrected chi connectivity index (χ1v) is 6.58. The maximum atomic E-state index is 13.3. The van der Waals surface area contributed by atoms with E-state index in [2.05, 4.69) is 5.32 Å². The number of hydrogen-bond donors (Lipinski definition) is 1. The van der Waals surface area contributed by atoms with E-state index in [4.69, 9.17) is 9.47 Å². The van der Waals surface area contributed by atoms with Gasteiger partial charge in [-0.3, -0.25) is 4.79 Å². The third-order valence-electron chi connectivity index (χ3n) is 3.55. The van der Waals surface area contributed by atoms with Gasteiger partial charge in [-0.1, -0.05) is 0 Å². The monoisotopic (exact) mass is 265 g/mol. The fourth-order valence-corrected chi connectivity index (χ4v) is 2.56. The van der Waals surface area contributed by atoms with Crippen LogP contribution in [0.1, 0.15) is 30.9 Å². The van der Waals surface area contributed by atoms with Crippen molar-refractivity contribution in [3.8, 4) is 5.75 Å². The molecule has 2 atom stereocenters. The highest BCUT2D eigenvalue weighted by molar-refractivity contribution is 5.81. The number of amides is 1. The molecule has 1 saturated heterocycles. The number of carbonyl (C=O) groups excluding carboxylic acids is 1. The molecule has 1 amide bonds. The van der Waals surface area contributed by atoms with Crippen LogP contribution in [0.4, 0.5) is 4.39 Å². The average Bonchev–Trinajstić information content (AvgIpc) is 2.93. The Bertz CT molecular complexity index is 486. The molecular weight excluding hydrogens is 249 g/mol. The zero-order valence-electron chi connectivity index (χ0n) is 10.5. The second-order valence-corrected chi connectivity index (χ2v) is 4.88. The highest BCUT2D eigenvalue weighted by Gasteiger charge is 2.29. The van der Waals surface area contributed by atoms with Gasteiger partial charge in [-0.15, -0.1) is 0 Å². The molecule has 0 aromatic heterocycles. The summed E-state index contributed by atoms with van der Waals surface area (Å²) in [6, 6.07) is 4.20. The summed E-state index contributed by atoms with van der Waals surface area (Å²) in [4.78, 5) is 12.0. The Balaban J connectivity index is 1.75. The summed E-state index contributed by atoms with van der Waals surface area (Å²) in [7, 11) is 0. The minimum absolute atomic E-state index is 0.111. The van der Waals surface area contributed by atoms with Gasteiger partial charge in [0.05, 0.1) is 12.6 Å². The first-order valence-electron chi connectivity index (χ1n) is 6.58. The van der Waals surface area contributed by atoms with Crippen molar-refractivity contribution >= 4 is 5.91 Å². The van der Waals surface area contributed by atoms with Gasteiger partial charge in [0.2, 0.25) is 5.91 Å². The third-order valence-corrected chi connectivity index (χ3v) is 3.55. The van der Waals surface area contributed by atoms with E-state index in [1.807, 2.05) is 0 Å². The van der Waals surface area contributed by atoms with Crippen LogP contribution >= 0.6 is 0 Å². The fraction of sp³-hybridized carbons (Fsp3) is 0.500. The zero-order chi connectivity index (χ0) is 13.2. The summed E-state index contributed by atoms with van der Waals surface area (Å²) in [5, 5.41) is 2.93. The molecule has 1 aromatic rings. The number of rotatable bonds is 2. The van der Waals surface area contributed by atoms with Crippen molar-refractivity contribution in [1.29, 1.82) is 0 Å². The van der Waals surface area contributed by atoms with Crippen LogP contribution in [0.5, 0.6) is 5.75 Å². The van der Waals surface area contributed by atoms with E-state index < -0.39 is 0 Å². The molecule has 3 rings (SSSR count). The molecule has 0 aliphatic carbocycles. The average molecular weight is 265 g/mol. The quantitative estimate of drug-likeness (QED) is 0.889. The topological polar surface area (TPSA) is 47.6 Å². The lowest BCUT2D eigenvalue weighted by molar-refractivity contribution is -0.131. The molecule has 0 radical (unpaired) electrons. The van der Waals surface area contributed by atoms with E-state index in [1.54, 1.807) is 6.07 Å². The van der Waals surface area contributed by atoms with Crippen molar-refractivity contribution in [2.24, 2.45) is 0 Å². The van der Waals surface area contributed by atoms with Crippen LogP contribution in [0.2, 0.25) is 0 Å². The van der Waals surface area contributed by atoms with Crippen molar-refractivity contribution in [3.63, 3.8) is 0 Å². The number of benzene rings is 1. The lowest BCUT2D eigenvalue weighted by Crippen LogP contribution is -2.38. The van der Waals surface area contributed by atoms with Crippen molar-refractivity contribution < 1.29 is 18.7 Å². The largest absolute Gasteiger partial charge is 0.493 e. The van der Waals surface area contributed by atoms with Crippen molar-refractivity contribution in [2.75, 3.05) is 13.2 Å². The van der Waals surface area contributed by atoms with Gasteiger partial charge in [0.25, 0.3) is 0 Å². The number of carbonyl (C=O) groups is 1. The Morgan fingerprint density at radius 3 is 3.00 bits per heavy atom. The molecule has 1 fully saturated rings. The van der Waals surface area contributed by atoms with E-state index in [9.17, 15) is 9.18 Å². The molecule has 2 heterocycles. The summed E-state index contributed by atoms with van der Waals surface area (Å²) >= 11 is 0. The van der Waals surface area contributed by atoms with Crippen molar-refractivity contribution in [2.45, 2.75) is 31.4 Å². The number of nitrogens with one attached hydrogen (secondary N) is 1. The van der Waals surface area contributed by atoms with Gasteiger partial charge in [0.15, 0.2) is 0 Å². The molecular formula is C14H16FNO3. The number of ether oxygens (including phenoxy) is 2. The van der Waals surface area contributed by atoms with Crippen molar-refractivity contribution in [3.05, 3.63) is 29.6 Å². The summed E-state index contributed by atoms with van der Waals surface area (Å²) < 4.78 is 24.1. The number of hydrogen-bond acceptors (Lipinski definition) is 3. The Morgan fingerprint density at radius 1 is 1.32 bits per heavy atom. The zero-order valence-corrected chi connectivity index (χ0v) is 10.5. The molecule has 1 aromatic carbocycles. The normalized spacial score (nSPS) is 25.5. The lowest BCUT2D eigenvalue weighted by atomic mass is 10.00. The summed E-state index contributed by atoms with van der Waals surface area (Å²) in [6.07, 6.45) is 1.96.